The summed E-state index contributed by atoms with van der Waals surface area (Å²) in [4.78, 5) is 0. The van der Waals surface area contributed by atoms with Crippen molar-refractivity contribution in [2.24, 2.45) is 0 Å². The topological polar surface area (TPSA) is 9.23 Å². The van der Waals surface area contributed by atoms with Gasteiger partial charge in [-0.25, -0.2) is 0 Å². The number of rotatable bonds is 11. The van der Waals surface area contributed by atoms with Crippen LogP contribution >= 0.6 is 0 Å². The van der Waals surface area contributed by atoms with Gasteiger partial charge in [0, 0.05) is 6.61 Å². The van der Waals surface area contributed by atoms with Crippen LogP contribution in [-0.4, -0.2) is 43.9 Å². The first-order valence-corrected chi connectivity index (χ1v) is 7.17. The Bertz CT molecular complexity index is 142. The molecule has 0 bridgehead atoms. The first-order valence-electron chi connectivity index (χ1n) is 7.17. The molecule has 0 spiro atoms. The van der Waals surface area contributed by atoms with Gasteiger partial charge in [0.2, 0.25) is 0 Å². The fourth-order valence-electron chi connectivity index (χ4n) is 2.37. The average Bonchev–Trinajstić information content (AvgIpc) is 2.29. The monoisotopic (exact) mass is 230 g/mol. The summed E-state index contributed by atoms with van der Waals surface area (Å²) in [6.45, 7) is 16.0. The van der Waals surface area contributed by atoms with Crippen molar-refractivity contribution >= 4 is 0 Å². The van der Waals surface area contributed by atoms with Crippen molar-refractivity contribution < 1.29 is 9.22 Å². The summed E-state index contributed by atoms with van der Waals surface area (Å²) in [5.74, 6) is 0. The molecule has 0 radical (unpaired) electrons. The number of likely N-dealkylation sites (N-methyl/N-ethyl adjacent to an activating group) is 1. The summed E-state index contributed by atoms with van der Waals surface area (Å²) < 4.78 is 6.96. The maximum absolute atomic E-state index is 5.71. The molecular weight excluding hydrogens is 198 g/mol. The Hall–Kier alpha value is -0.0800. The zero-order valence-corrected chi connectivity index (χ0v) is 11.9. The Balaban J connectivity index is 3.89. The van der Waals surface area contributed by atoms with Gasteiger partial charge in [-0.1, -0.05) is 27.2 Å². The van der Waals surface area contributed by atoms with Crippen molar-refractivity contribution in [3.63, 3.8) is 0 Å². The first kappa shape index (κ1) is 15.9. The van der Waals surface area contributed by atoms with E-state index in [9.17, 15) is 0 Å². The molecule has 0 saturated heterocycles. The lowest BCUT2D eigenvalue weighted by atomic mass is 10.2. The van der Waals surface area contributed by atoms with Gasteiger partial charge in [-0.3, -0.25) is 0 Å². The lowest BCUT2D eigenvalue weighted by Gasteiger charge is -2.37. The summed E-state index contributed by atoms with van der Waals surface area (Å²) in [7, 11) is 0. The van der Waals surface area contributed by atoms with Crippen LogP contribution in [-0.2, 0) is 4.74 Å². The second-order valence-electron chi connectivity index (χ2n) is 4.79. The van der Waals surface area contributed by atoms with E-state index in [4.69, 9.17) is 4.74 Å². The predicted octanol–water partition coefficient (Wildman–Crippen LogP) is 3.46. The van der Waals surface area contributed by atoms with Crippen LogP contribution in [0.4, 0.5) is 0 Å². The van der Waals surface area contributed by atoms with Crippen molar-refractivity contribution in [3.8, 4) is 0 Å². The Kier molecular flexibility index (Phi) is 10.0. The number of hydrogen-bond donors (Lipinski definition) is 0. The Morgan fingerprint density at radius 3 is 1.81 bits per heavy atom. The van der Waals surface area contributed by atoms with Crippen molar-refractivity contribution in [2.45, 2.75) is 53.4 Å². The second-order valence-corrected chi connectivity index (χ2v) is 4.79. The van der Waals surface area contributed by atoms with E-state index < -0.39 is 0 Å². The zero-order valence-electron chi connectivity index (χ0n) is 11.9. The van der Waals surface area contributed by atoms with Crippen LogP contribution in [0.25, 0.3) is 0 Å². The second kappa shape index (κ2) is 10.1. The number of unbranched alkanes of at least 4 members (excludes halogenated alkanes) is 1. The third kappa shape index (κ3) is 6.49. The van der Waals surface area contributed by atoms with Gasteiger partial charge in [0.25, 0.3) is 0 Å². The number of quaternary nitrogens is 1. The summed E-state index contributed by atoms with van der Waals surface area (Å²) >= 11 is 0. The molecule has 0 atom stereocenters. The smallest absolute Gasteiger partial charge is 0.102 e. The van der Waals surface area contributed by atoms with Crippen molar-refractivity contribution in [3.05, 3.63) is 0 Å². The van der Waals surface area contributed by atoms with Crippen LogP contribution in [0.5, 0.6) is 0 Å². The van der Waals surface area contributed by atoms with Crippen LogP contribution in [0.15, 0.2) is 0 Å². The molecule has 2 nitrogen and oxygen atoms in total. The minimum Gasteiger partial charge on any atom is -0.376 e. The number of nitrogens with zero attached hydrogens (tertiary/aromatic N) is 1. The van der Waals surface area contributed by atoms with Gasteiger partial charge in [0.15, 0.2) is 0 Å². The van der Waals surface area contributed by atoms with Gasteiger partial charge in [-0.2, -0.15) is 0 Å². The van der Waals surface area contributed by atoms with E-state index in [1.54, 1.807) is 0 Å². The molecule has 0 aliphatic carbocycles. The molecule has 0 N–H and O–H groups in total. The third-order valence-electron chi connectivity index (χ3n) is 3.42. The van der Waals surface area contributed by atoms with Crippen molar-refractivity contribution in [1.82, 2.24) is 0 Å². The molecule has 0 aromatic heterocycles. The lowest BCUT2D eigenvalue weighted by Crippen LogP contribution is -2.51. The molecule has 0 saturated carbocycles. The van der Waals surface area contributed by atoms with E-state index in [0.717, 1.165) is 13.2 Å². The maximum Gasteiger partial charge on any atom is 0.102 e. The molecule has 0 aliphatic rings. The normalized spacial score (nSPS) is 12.0. The van der Waals surface area contributed by atoms with E-state index in [1.807, 2.05) is 0 Å². The van der Waals surface area contributed by atoms with Crippen LogP contribution in [0, 0.1) is 0 Å². The van der Waals surface area contributed by atoms with Crippen LogP contribution in [0.1, 0.15) is 53.4 Å². The Morgan fingerprint density at radius 2 is 1.38 bits per heavy atom. The number of ether oxygens (including phenoxy) is 1. The van der Waals surface area contributed by atoms with E-state index in [2.05, 4.69) is 27.7 Å². The SMILES string of the molecule is CCCCOCC[N+](CC)(CCC)CCC. The molecule has 0 aliphatic heterocycles. The molecule has 0 aromatic carbocycles. The minimum atomic E-state index is 0.938. The van der Waals surface area contributed by atoms with Gasteiger partial charge in [-0.15, -0.1) is 0 Å². The highest BCUT2D eigenvalue weighted by atomic mass is 16.5. The highest BCUT2D eigenvalue weighted by molar-refractivity contribution is 4.43. The highest BCUT2D eigenvalue weighted by Crippen LogP contribution is 2.09. The average molecular weight is 230 g/mol. The van der Waals surface area contributed by atoms with E-state index in [-0.39, 0.29) is 0 Å². The van der Waals surface area contributed by atoms with Crippen molar-refractivity contribution in [2.75, 3.05) is 39.4 Å². The minimum absolute atomic E-state index is 0.938. The molecule has 0 rings (SSSR count). The molecule has 2 heteroatoms. The third-order valence-corrected chi connectivity index (χ3v) is 3.42. The Labute approximate surface area is 103 Å². The van der Waals surface area contributed by atoms with Gasteiger partial charge >= 0.3 is 0 Å². The molecular formula is C14H32NO+. The standard InChI is InChI=1S/C14H32NO/c1-5-9-13-16-14-12-15(8-4,10-6-2)11-7-3/h5-14H2,1-4H3/q+1. The van der Waals surface area contributed by atoms with Gasteiger partial charge in [0.1, 0.15) is 6.54 Å². The Morgan fingerprint density at radius 1 is 0.750 bits per heavy atom. The quantitative estimate of drug-likeness (QED) is 0.390. The molecule has 0 fully saturated rings. The fourth-order valence-corrected chi connectivity index (χ4v) is 2.37. The largest absolute Gasteiger partial charge is 0.376 e. The van der Waals surface area contributed by atoms with Gasteiger partial charge in [0.05, 0.1) is 26.2 Å². The van der Waals surface area contributed by atoms with Gasteiger partial charge in [-0.05, 0) is 26.2 Å². The van der Waals surface area contributed by atoms with Crippen molar-refractivity contribution in [1.29, 1.82) is 0 Å². The first-order chi connectivity index (χ1) is 7.74. The van der Waals surface area contributed by atoms with Crippen LogP contribution < -0.4 is 0 Å². The van der Waals surface area contributed by atoms with Crippen LogP contribution in [0.2, 0.25) is 0 Å². The molecule has 98 valence electrons. The molecule has 0 unspecified atom stereocenters. The lowest BCUT2D eigenvalue weighted by molar-refractivity contribution is -0.927. The molecule has 0 aromatic rings. The predicted molar refractivity (Wildman–Crippen MR) is 71.7 cm³/mol. The molecule has 16 heavy (non-hydrogen) atoms. The summed E-state index contributed by atoms with van der Waals surface area (Å²) in [6, 6.07) is 0. The summed E-state index contributed by atoms with van der Waals surface area (Å²) in [5, 5.41) is 0. The fraction of sp³-hybridized carbons (Fsp3) is 1.00. The molecule has 0 heterocycles. The maximum atomic E-state index is 5.71. The van der Waals surface area contributed by atoms with E-state index >= 15 is 0 Å². The van der Waals surface area contributed by atoms with E-state index in [1.165, 1.54) is 56.3 Å². The summed E-state index contributed by atoms with van der Waals surface area (Å²) in [6.07, 6.45) is 5.00. The molecule has 0 amide bonds. The van der Waals surface area contributed by atoms with E-state index in [0.29, 0.717) is 0 Å². The van der Waals surface area contributed by atoms with Crippen LogP contribution in [0.3, 0.4) is 0 Å². The van der Waals surface area contributed by atoms with Gasteiger partial charge < -0.3 is 9.22 Å². The highest BCUT2D eigenvalue weighted by Gasteiger charge is 2.22. The number of hydrogen-bond acceptors (Lipinski definition) is 1. The zero-order chi connectivity index (χ0) is 12.3. The summed E-state index contributed by atoms with van der Waals surface area (Å²) in [5.41, 5.74) is 0.